The Hall–Kier alpha value is -2.03. The van der Waals surface area contributed by atoms with Gasteiger partial charge < -0.3 is 10.1 Å². The molecule has 20 heavy (non-hydrogen) atoms. The number of hydrogen-bond acceptors (Lipinski definition) is 3. The number of anilines is 1. The molecule has 0 aliphatic carbocycles. The van der Waals surface area contributed by atoms with Crippen LogP contribution in [-0.4, -0.2) is 12.1 Å². The van der Waals surface area contributed by atoms with Crippen molar-refractivity contribution in [3.05, 3.63) is 52.3 Å². The van der Waals surface area contributed by atoms with Crippen LogP contribution in [0, 0.1) is 27.7 Å². The minimum absolute atomic E-state index is 0.700. The molecular weight excluding hydrogens is 248 g/mol. The first kappa shape index (κ1) is 14.4. The molecule has 0 amide bonds. The second kappa shape index (κ2) is 5.95. The number of ether oxygens (including phenoxy) is 1. The summed E-state index contributed by atoms with van der Waals surface area (Å²) >= 11 is 0. The topological polar surface area (TPSA) is 34.1 Å². The van der Waals surface area contributed by atoms with E-state index in [1.54, 1.807) is 7.11 Å². The fourth-order valence-corrected chi connectivity index (χ4v) is 2.51. The average Bonchev–Trinajstić information content (AvgIpc) is 2.37. The van der Waals surface area contributed by atoms with Crippen LogP contribution in [0.4, 0.5) is 5.69 Å². The molecule has 3 heteroatoms. The van der Waals surface area contributed by atoms with Crippen molar-refractivity contribution in [3.63, 3.8) is 0 Å². The Kier molecular flexibility index (Phi) is 4.28. The van der Waals surface area contributed by atoms with Crippen LogP contribution in [0.1, 0.15) is 27.9 Å². The number of rotatable bonds is 4. The number of benzene rings is 1. The molecule has 1 heterocycles. The predicted octanol–water partition coefficient (Wildman–Crippen LogP) is 3.94. The highest BCUT2D eigenvalue weighted by atomic mass is 16.5. The van der Waals surface area contributed by atoms with Gasteiger partial charge in [-0.1, -0.05) is 6.07 Å². The van der Waals surface area contributed by atoms with Gasteiger partial charge in [0.15, 0.2) is 0 Å². The second-order valence-electron chi connectivity index (χ2n) is 5.28. The van der Waals surface area contributed by atoms with Crippen molar-refractivity contribution in [1.82, 2.24) is 4.98 Å². The fourth-order valence-electron chi connectivity index (χ4n) is 2.51. The summed E-state index contributed by atoms with van der Waals surface area (Å²) in [6.07, 6.45) is 1.87. The molecule has 0 fully saturated rings. The minimum Gasteiger partial charge on any atom is -0.496 e. The van der Waals surface area contributed by atoms with Gasteiger partial charge in [-0.15, -0.1) is 0 Å². The van der Waals surface area contributed by atoms with Crippen LogP contribution in [0.3, 0.4) is 0 Å². The quantitative estimate of drug-likeness (QED) is 0.914. The smallest absolute Gasteiger partial charge is 0.128 e. The van der Waals surface area contributed by atoms with E-state index < -0.39 is 0 Å². The van der Waals surface area contributed by atoms with Crippen LogP contribution in [0.2, 0.25) is 0 Å². The second-order valence-corrected chi connectivity index (χ2v) is 5.28. The first-order chi connectivity index (χ1) is 9.51. The van der Waals surface area contributed by atoms with Gasteiger partial charge in [0.1, 0.15) is 5.75 Å². The zero-order valence-corrected chi connectivity index (χ0v) is 12.9. The number of nitrogens with one attached hydrogen (secondary N) is 1. The lowest BCUT2D eigenvalue weighted by molar-refractivity contribution is 0.407. The summed E-state index contributed by atoms with van der Waals surface area (Å²) in [5, 5.41) is 3.44. The lowest BCUT2D eigenvalue weighted by atomic mass is 10.1. The maximum absolute atomic E-state index is 5.44. The summed E-state index contributed by atoms with van der Waals surface area (Å²) in [5.74, 6) is 0.928. The number of pyridine rings is 1. The SMILES string of the molecule is COc1c(C)cnc(CNc2cc(C)cc(C)c2)c1C. The first-order valence-corrected chi connectivity index (χ1v) is 6.82. The summed E-state index contributed by atoms with van der Waals surface area (Å²) in [5.41, 5.74) is 6.84. The number of hydrogen-bond donors (Lipinski definition) is 1. The van der Waals surface area contributed by atoms with Crippen LogP contribution < -0.4 is 10.1 Å². The monoisotopic (exact) mass is 270 g/mol. The highest BCUT2D eigenvalue weighted by molar-refractivity contribution is 5.49. The van der Waals surface area contributed by atoms with Gasteiger partial charge in [-0.05, 0) is 51.0 Å². The van der Waals surface area contributed by atoms with E-state index in [2.05, 4.69) is 49.3 Å². The molecule has 0 saturated heterocycles. The van der Waals surface area contributed by atoms with E-state index in [1.165, 1.54) is 11.1 Å². The molecular formula is C17H22N2O. The fraction of sp³-hybridized carbons (Fsp3) is 0.353. The van der Waals surface area contributed by atoms with Crippen molar-refractivity contribution in [3.8, 4) is 5.75 Å². The van der Waals surface area contributed by atoms with Crippen molar-refractivity contribution in [1.29, 1.82) is 0 Å². The summed E-state index contributed by atoms with van der Waals surface area (Å²) in [4.78, 5) is 4.50. The summed E-state index contributed by atoms with van der Waals surface area (Å²) in [7, 11) is 1.70. The molecule has 0 aliphatic rings. The third-order valence-corrected chi connectivity index (χ3v) is 3.43. The Morgan fingerprint density at radius 1 is 1.05 bits per heavy atom. The molecule has 2 aromatic rings. The Balaban J connectivity index is 2.19. The lowest BCUT2D eigenvalue weighted by Crippen LogP contribution is -2.06. The van der Waals surface area contributed by atoms with Crippen LogP contribution in [0.25, 0.3) is 0 Å². The zero-order chi connectivity index (χ0) is 14.7. The van der Waals surface area contributed by atoms with E-state index in [1.807, 2.05) is 13.1 Å². The molecule has 0 spiro atoms. The molecule has 2 rings (SSSR count). The highest BCUT2D eigenvalue weighted by Gasteiger charge is 2.09. The van der Waals surface area contributed by atoms with Crippen molar-refractivity contribution in [2.24, 2.45) is 0 Å². The number of nitrogens with zero attached hydrogens (tertiary/aromatic N) is 1. The first-order valence-electron chi connectivity index (χ1n) is 6.82. The predicted molar refractivity (Wildman–Crippen MR) is 83.5 cm³/mol. The molecule has 0 atom stereocenters. The third-order valence-electron chi connectivity index (χ3n) is 3.43. The number of aromatic nitrogens is 1. The van der Waals surface area contributed by atoms with E-state index in [0.29, 0.717) is 6.54 Å². The Morgan fingerprint density at radius 2 is 1.70 bits per heavy atom. The Labute approximate surface area is 121 Å². The van der Waals surface area contributed by atoms with Gasteiger partial charge in [0.05, 0.1) is 19.3 Å². The molecule has 1 aromatic heterocycles. The van der Waals surface area contributed by atoms with Gasteiger partial charge in [-0.3, -0.25) is 4.98 Å². The van der Waals surface area contributed by atoms with Crippen LogP contribution in [0.5, 0.6) is 5.75 Å². The normalized spacial score (nSPS) is 10.4. The Bertz CT molecular complexity index is 600. The van der Waals surface area contributed by atoms with Crippen molar-refractivity contribution >= 4 is 5.69 Å². The van der Waals surface area contributed by atoms with E-state index in [9.17, 15) is 0 Å². The van der Waals surface area contributed by atoms with Gasteiger partial charge in [0.25, 0.3) is 0 Å². The van der Waals surface area contributed by atoms with Crippen LogP contribution >= 0.6 is 0 Å². The van der Waals surface area contributed by atoms with Gasteiger partial charge in [-0.2, -0.15) is 0 Å². The summed E-state index contributed by atoms with van der Waals surface area (Å²) < 4.78 is 5.44. The molecule has 106 valence electrons. The van der Waals surface area contributed by atoms with Gasteiger partial charge in [0, 0.05) is 23.0 Å². The molecule has 0 radical (unpaired) electrons. The molecule has 3 nitrogen and oxygen atoms in total. The van der Waals surface area contributed by atoms with Gasteiger partial charge in [-0.25, -0.2) is 0 Å². The van der Waals surface area contributed by atoms with Gasteiger partial charge in [0.2, 0.25) is 0 Å². The maximum atomic E-state index is 5.44. The van der Waals surface area contributed by atoms with E-state index in [0.717, 1.165) is 28.3 Å². The van der Waals surface area contributed by atoms with Crippen molar-refractivity contribution < 1.29 is 4.74 Å². The van der Waals surface area contributed by atoms with Gasteiger partial charge >= 0.3 is 0 Å². The Morgan fingerprint density at radius 3 is 2.30 bits per heavy atom. The lowest BCUT2D eigenvalue weighted by Gasteiger charge is -2.14. The summed E-state index contributed by atoms with van der Waals surface area (Å²) in [6, 6.07) is 6.46. The maximum Gasteiger partial charge on any atom is 0.128 e. The molecule has 1 N–H and O–H groups in total. The molecule has 1 aromatic carbocycles. The molecule has 0 saturated carbocycles. The zero-order valence-electron chi connectivity index (χ0n) is 12.9. The molecule has 0 unspecified atom stereocenters. The minimum atomic E-state index is 0.700. The van der Waals surface area contributed by atoms with E-state index in [4.69, 9.17) is 4.74 Å². The van der Waals surface area contributed by atoms with Crippen molar-refractivity contribution in [2.75, 3.05) is 12.4 Å². The van der Waals surface area contributed by atoms with Crippen LogP contribution in [0.15, 0.2) is 24.4 Å². The molecule has 0 bridgehead atoms. The average molecular weight is 270 g/mol. The summed E-state index contributed by atoms with van der Waals surface area (Å²) in [6.45, 7) is 8.98. The van der Waals surface area contributed by atoms with Crippen LogP contribution in [-0.2, 0) is 6.54 Å². The number of methoxy groups -OCH3 is 1. The largest absolute Gasteiger partial charge is 0.496 e. The van der Waals surface area contributed by atoms with E-state index in [-0.39, 0.29) is 0 Å². The number of aryl methyl sites for hydroxylation is 3. The molecule has 0 aliphatic heterocycles. The standard InChI is InChI=1S/C17H22N2O/c1-11-6-12(2)8-15(7-11)18-10-16-14(4)17(20-5)13(3)9-19-16/h6-9,18H,10H2,1-5H3. The van der Waals surface area contributed by atoms with E-state index >= 15 is 0 Å². The highest BCUT2D eigenvalue weighted by Crippen LogP contribution is 2.24. The van der Waals surface area contributed by atoms with Crippen molar-refractivity contribution in [2.45, 2.75) is 34.2 Å². The third kappa shape index (κ3) is 3.10.